The number of hydrogen-bond acceptors (Lipinski definition) is 5. The second kappa shape index (κ2) is 7.13. The third-order valence-electron chi connectivity index (χ3n) is 2.92. The lowest BCUT2D eigenvalue weighted by Gasteiger charge is -2.13. The van der Waals surface area contributed by atoms with Crippen LogP contribution in [0.15, 0.2) is 23.1 Å². The molecule has 1 amide bonds. The van der Waals surface area contributed by atoms with E-state index in [0.29, 0.717) is 26.2 Å². The monoisotopic (exact) mass is 357 g/mol. The highest BCUT2D eigenvalue weighted by atomic mass is 35.5. The smallest absolute Gasteiger partial charge is 0.303 e. The number of carbonyl (C=O) groups is 2. The maximum atomic E-state index is 12.3. The van der Waals surface area contributed by atoms with Crippen molar-refractivity contribution in [1.29, 1.82) is 0 Å². The van der Waals surface area contributed by atoms with Gasteiger partial charge < -0.3 is 10.2 Å². The van der Waals surface area contributed by atoms with Crippen LogP contribution in [0.25, 0.3) is 6.08 Å². The normalized spacial score (nSPS) is 16.6. The molecule has 0 aliphatic carbocycles. The summed E-state index contributed by atoms with van der Waals surface area (Å²) in [6.07, 6.45) is 1.94. The number of phenolic OH excluding ortho intramolecular Hbond substituents is 1. The zero-order valence-corrected chi connectivity index (χ0v) is 13.7. The average Bonchev–Trinajstić information content (AvgIpc) is 2.69. The van der Waals surface area contributed by atoms with Crippen molar-refractivity contribution in [1.82, 2.24) is 4.90 Å². The molecule has 0 radical (unpaired) electrons. The molecule has 1 fully saturated rings. The Morgan fingerprint density at radius 2 is 2.18 bits per heavy atom. The topological polar surface area (TPSA) is 77.8 Å². The lowest BCUT2D eigenvalue weighted by atomic mass is 10.2. The van der Waals surface area contributed by atoms with E-state index < -0.39 is 5.97 Å². The molecule has 0 aromatic heterocycles. The lowest BCUT2D eigenvalue weighted by molar-refractivity contribution is -0.137. The summed E-state index contributed by atoms with van der Waals surface area (Å²) in [7, 11) is 0. The summed E-state index contributed by atoms with van der Waals surface area (Å²) in [6, 6.07) is 4.47. The van der Waals surface area contributed by atoms with Crippen molar-refractivity contribution < 1.29 is 19.8 Å². The second-order valence-electron chi connectivity index (χ2n) is 4.54. The second-order valence-corrected chi connectivity index (χ2v) is 6.62. The van der Waals surface area contributed by atoms with E-state index in [1.807, 2.05) is 0 Å². The van der Waals surface area contributed by atoms with Gasteiger partial charge in [-0.05, 0) is 36.3 Å². The molecule has 1 saturated heterocycles. The van der Waals surface area contributed by atoms with Crippen LogP contribution < -0.4 is 0 Å². The van der Waals surface area contributed by atoms with Gasteiger partial charge in [-0.2, -0.15) is 0 Å². The number of thioether (sulfide) groups is 1. The van der Waals surface area contributed by atoms with Gasteiger partial charge in [-0.1, -0.05) is 35.6 Å². The summed E-state index contributed by atoms with van der Waals surface area (Å²) < 4.78 is 0.400. The Balaban J connectivity index is 2.13. The van der Waals surface area contributed by atoms with Crippen LogP contribution in [0.1, 0.15) is 18.4 Å². The van der Waals surface area contributed by atoms with Crippen molar-refractivity contribution >= 4 is 57.9 Å². The lowest BCUT2D eigenvalue weighted by Crippen LogP contribution is -2.29. The third kappa shape index (κ3) is 4.00. The molecule has 116 valence electrons. The largest absolute Gasteiger partial charge is 0.508 e. The van der Waals surface area contributed by atoms with E-state index in [4.69, 9.17) is 28.9 Å². The number of carboxylic acids is 1. The SMILES string of the molecule is O=C(O)CCCN1C(=O)C(=Cc2ccc(O)cc2Cl)SC1=S. The molecule has 0 unspecified atom stereocenters. The van der Waals surface area contributed by atoms with Gasteiger partial charge in [0, 0.05) is 13.0 Å². The van der Waals surface area contributed by atoms with Gasteiger partial charge in [-0.25, -0.2) is 0 Å². The van der Waals surface area contributed by atoms with Crippen molar-refractivity contribution in [3.63, 3.8) is 0 Å². The predicted molar refractivity (Wildman–Crippen MR) is 89.9 cm³/mol. The number of hydrogen-bond donors (Lipinski definition) is 2. The number of rotatable bonds is 5. The van der Waals surface area contributed by atoms with Gasteiger partial charge in [0.05, 0.1) is 9.93 Å². The fourth-order valence-electron chi connectivity index (χ4n) is 1.86. The van der Waals surface area contributed by atoms with Crippen LogP contribution in [0, 0.1) is 0 Å². The molecule has 0 bridgehead atoms. The van der Waals surface area contributed by atoms with E-state index in [0.717, 1.165) is 11.8 Å². The molecule has 0 saturated carbocycles. The van der Waals surface area contributed by atoms with Crippen molar-refractivity contribution in [2.24, 2.45) is 0 Å². The Morgan fingerprint density at radius 1 is 1.45 bits per heavy atom. The summed E-state index contributed by atoms with van der Waals surface area (Å²) in [5.74, 6) is -1.12. The van der Waals surface area contributed by atoms with Crippen LogP contribution in [0.2, 0.25) is 5.02 Å². The van der Waals surface area contributed by atoms with Gasteiger partial charge in [0.2, 0.25) is 0 Å². The van der Waals surface area contributed by atoms with E-state index >= 15 is 0 Å². The van der Waals surface area contributed by atoms with E-state index in [9.17, 15) is 14.7 Å². The first kappa shape index (κ1) is 16.8. The number of aromatic hydroxyl groups is 1. The minimum absolute atomic E-state index is 0.0140. The van der Waals surface area contributed by atoms with E-state index in [1.165, 1.54) is 17.0 Å². The number of benzene rings is 1. The Bertz CT molecular complexity index is 675. The number of thiocarbonyl (C=S) groups is 1. The molecule has 0 atom stereocenters. The molecular weight excluding hydrogens is 346 g/mol. The Morgan fingerprint density at radius 3 is 2.82 bits per heavy atom. The zero-order chi connectivity index (χ0) is 16.3. The molecule has 1 aliphatic heterocycles. The van der Waals surface area contributed by atoms with Crippen LogP contribution >= 0.6 is 35.6 Å². The Kier molecular flexibility index (Phi) is 5.44. The van der Waals surface area contributed by atoms with Crippen molar-refractivity contribution in [2.45, 2.75) is 12.8 Å². The number of aliphatic carboxylic acids is 1. The highest BCUT2D eigenvalue weighted by molar-refractivity contribution is 8.26. The van der Waals surface area contributed by atoms with Gasteiger partial charge in [-0.15, -0.1) is 0 Å². The Hall–Kier alpha value is -1.57. The number of nitrogens with zero attached hydrogens (tertiary/aromatic N) is 1. The van der Waals surface area contributed by atoms with Crippen LogP contribution in [0.3, 0.4) is 0 Å². The summed E-state index contributed by atoms with van der Waals surface area (Å²) >= 11 is 12.3. The minimum Gasteiger partial charge on any atom is -0.508 e. The van der Waals surface area contributed by atoms with Crippen molar-refractivity contribution in [3.8, 4) is 5.75 Å². The molecule has 5 nitrogen and oxygen atoms in total. The van der Waals surface area contributed by atoms with Crippen LogP contribution in [-0.2, 0) is 9.59 Å². The first-order valence-electron chi connectivity index (χ1n) is 6.34. The number of carboxylic acid groups (broad SMARTS) is 1. The average molecular weight is 358 g/mol. The summed E-state index contributed by atoms with van der Waals surface area (Å²) in [6.45, 7) is 0.275. The molecule has 1 aromatic carbocycles. The third-order valence-corrected chi connectivity index (χ3v) is 4.62. The van der Waals surface area contributed by atoms with Gasteiger partial charge in [0.15, 0.2) is 0 Å². The molecule has 22 heavy (non-hydrogen) atoms. The fraction of sp³-hybridized carbons (Fsp3) is 0.214. The van der Waals surface area contributed by atoms with Crippen molar-refractivity contribution in [2.75, 3.05) is 6.54 Å². The molecule has 2 N–H and O–H groups in total. The number of halogens is 1. The maximum Gasteiger partial charge on any atom is 0.303 e. The van der Waals surface area contributed by atoms with Crippen LogP contribution in [0.4, 0.5) is 0 Å². The molecule has 1 aromatic rings. The first-order chi connectivity index (χ1) is 10.4. The molecular formula is C14H12ClNO4S2. The van der Waals surface area contributed by atoms with Gasteiger partial charge in [-0.3, -0.25) is 14.5 Å². The van der Waals surface area contributed by atoms with Gasteiger partial charge >= 0.3 is 5.97 Å². The Labute approximate surface area is 141 Å². The fourth-order valence-corrected chi connectivity index (χ4v) is 3.38. The van der Waals surface area contributed by atoms with E-state index in [1.54, 1.807) is 12.1 Å². The summed E-state index contributed by atoms with van der Waals surface area (Å²) in [5.41, 5.74) is 0.602. The van der Waals surface area contributed by atoms with Crippen LogP contribution in [0.5, 0.6) is 5.75 Å². The van der Waals surface area contributed by atoms with Crippen molar-refractivity contribution in [3.05, 3.63) is 33.7 Å². The summed E-state index contributed by atoms with van der Waals surface area (Å²) in [4.78, 5) is 24.6. The highest BCUT2D eigenvalue weighted by Gasteiger charge is 2.31. The predicted octanol–water partition coefficient (Wildman–Crippen LogP) is 3.11. The molecule has 8 heteroatoms. The van der Waals surface area contributed by atoms with Gasteiger partial charge in [0.25, 0.3) is 5.91 Å². The quantitative estimate of drug-likeness (QED) is 0.622. The molecule has 0 spiro atoms. The number of phenols is 1. The number of amides is 1. The summed E-state index contributed by atoms with van der Waals surface area (Å²) in [5, 5.41) is 18.3. The maximum absolute atomic E-state index is 12.3. The van der Waals surface area contributed by atoms with Gasteiger partial charge in [0.1, 0.15) is 10.1 Å². The van der Waals surface area contributed by atoms with E-state index in [2.05, 4.69) is 0 Å². The molecule has 1 heterocycles. The first-order valence-corrected chi connectivity index (χ1v) is 7.94. The minimum atomic E-state index is -0.906. The van der Waals surface area contributed by atoms with E-state index in [-0.39, 0.29) is 24.6 Å². The molecule has 2 rings (SSSR count). The zero-order valence-electron chi connectivity index (χ0n) is 11.3. The highest BCUT2D eigenvalue weighted by Crippen LogP contribution is 2.34. The molecule has 1 aliphatic rings. The number of carbonyl (C=O) groups excluding carboxylic acids is 1. The van der Waals surface area contributed by atoms with Crippen LogP contribution in [-0.4, -0.2) is 37.9 Å². The standard InChI is InChI=1S/C14H12ClNO4S2/c15-10-7-9(17)4-3-8(10)6-11-13(20)16(14(21)22-11)5-1-2-12(18)19/h3-4,6-7,17H,1-2,5H2,(H,18,19).